The fourth-order valence-corrected chi connectivity index (χ4v) is 1.66. The molecule has 0 aliphatic carbocycles. The zero-order valence-electron chi connectivity index (χ0n) is 8.49. The van der Waals surface area contributed by atoms with Gasteiger partial charge in [-0.1, -0.05) is 6.07 Å². The second kappa shape index (κ2) is 4.42. The van der Waals surface area contributed by atoms with Crippen molar-refractivity contribution in [1.82, 2.24) is 10.3 Å². The average molecular weight is 192 g/mol. The molecule has 0 bridgehead atoms. The van der Waals surface area contributed by atoms with E-state index in [1.165, 1.54) is 6.42 Å². The Kier molecular flexibility index (Phi) is 2.99. The summed E-state index contributed by atoms with van der Waals surface area (Å²) in [6.07, 6.45) is 1.21. The van der Waals surface area contributed by atoms with Crippen LogP contribution in [-0.4, -0.2) is 24.7 Å². The Bertz CT molecular complexity index is 295. The molecule has 1 aromatic heterocycles. The summed E-state index contributed by atoms with van der Waals surface area (Å²) >= 11 is 0. The van der Waals surface area contributed by atoms with E-state index in [2.05, 4.69) is 10.3 Å². The molecule has 0 spiro atoms. The van der Waals surface area contributed by atoms with Crippen molar-refractivity contribution in [2.24, 2.45) is 5.92 Å². The lowest BCUT2D eigenvalue weighted by molar-refractivity contribution is 0.250. The summed E-state index contributed by atoms with van der Waals surface area (Å²) in [6, 6.07) is 5.87. The monoisotopic (exact) mass is 192 g/mol. The molecule has 1 saturated heterocycles. The van der Waals surface area contributed by atoms with E-state index >= 15 is 0 Å². The van der Waals surface area contributed by atoms with Crippen LogP contribution < -0.4 is 10.1 Å². The molecule has 1 aliphatic rings. The molecule has 3 heteroatoms. The molecule has 76 valence electrons. The summed E-state index contributed by atoms with van der Waals surface area (Å²) in [4.78, 5) is 4.29. The van der Waals surface area contributed by atoms with E-state index in [0.29, 0.717) is 5.92 Å². The van der Waals surface area contributed by atoms with Crippen molar-refractivity contribution < 1.29 is 4.74 Å². The molecule has 0 saturated carbocycles. The number of pyridine rings is 1. The van der Waals surface area contributed by atoms with Crippen LogP contribution in [0.1, 0.15) is 12.1 Å². The quantitative estimate of drug-likeness (QED) is 0.785. The lowest BCUT2D eigenvalue weighted by Crippen LogP contribution is -2.15. The molecule has 0 radical (unpaired) electrons. The first kappa shape index (κ1) is 9.46. The maximum atomic E-state index is 5.62. The number of rotatable bonds is 3. The van der Waals surface area contributed by atoms with Gasteiger partial charge >= 0.3 is 0 Å². The molecular formula is C11H16N2O. The minimum Gasteiger partial charge on any atom is -0.477 e. The van der Waals surface area contributed by atoms with Crippen molar-refractivity contribution in [3.63, 3.8) is 0 Å². The first-order valence-corrected chi connectivity index (χ1v) is 5.12. The number of nitrogens with one attached hydrogen (secondary N) is 1. The molecule has 1 N–H and O–H groups in total. The normalized spacial score (nSPS) is 21.1. The highest BCUT2D eigenvalue weighted by Crippen LogP contribution is 2.12. The molecular weight excluding hydrogens is 176 g/mol. The van der Waals surface area contributed by atoms with Crippen molar-refractivity contribution in [3.8, 4) is 5.88 Å². The summed E-state index contributed by atoms with van der Waals surface area (Å²) in [7, 11) is 0. The third-order valence-electron chi connectivity index (χ3n) is 2.49. The predicted molar refractivity (Wildman–Crippen MR) is 55.4 cm³/mol. The molecule has 1 aliphatic heterocycles. The zero-order valence-corrected chi connectivity index (χ0v) is 8.49. The molecule has 1 fully saturated rings. The molecule has 2 heterocycles. The molecule has 2 rings (SSSR count). The van der Waals surface area contributed by atoms with E-state index in [-0.39, 0.29) is 0 Å². The first-order valence-electron chi connectivity index (χ1n) is 5.12. The number of aromatic nitrogens is 1. The van der Waals surface area contributed by atoms with Gasteiger partial charge in [-0.25, -0.2) is 4.98 Å². The van der Waals surface area contributed by atoms with Crippen molar-refractivity contribution in [2.75, 3.05) is 19.7 Å². The van der Waals surface area contributed by atoms with Gasteiger partial charge in [0.05, 0.1) is 6.61 Å². The Morgan fingerprint density at radius 2 is 2.50 bits per heavy atom. The largest absolute Gasteiger partial charge is 0.477 e. The predicted octanol–water partition coefficient (Wildman–Crippen LogP) is 1.38. The van der Waals surface area contributed by atoms with Gasteiger partial charge in [-0.2, -0.15) is 0 Å². The summed E-state index contributed by atoms with van der Waals surface area (Å²) in [5.41, 5.74) is 1.01. The summed E-state index contributed by atoms with van der Waals surface area (Å²) < 4.78 is 5.62. The van der Waals surface area contributed by atoms with Gasteiger partial charge in [0.25, 0.3) is 0 Å². The highest BCUT2D eigenvalue weighted by Gasteiger charge is 2.14. The molecule has 14 heavy (non-hydrogen) atoms. The van der Waals surface area contributed by atoms with E-state index in [0.717, 1.165) is 31.3 Å². The Morgan fingerprint density at radius 3 is 3.21 bits per heavy atom. The number of hydrogen-bond donors (Lipinski definition) is 1. The zero-order chi connectivity index (χ0) is 9.80. The van der Waals surface area contributed by atoms with Crippen LogP contribution in [0.5, 0.6) is 5.88 Å². The van der Waals surface area contributed by atoms with Gasteiger partial charge in [0.1, 0.15) is 0 Å². The lowest BCUT2D eigenvalue weighted by Gasteiger charge is -2.09. The second-order valence-corrected chi connectivity index (χ2v) is 3.79. The fraction of sp³-hybridized carbons (Fsp3) is 0.545. The maximum Gasteiger partial charge on any atom is 0.213 e. The Labute approximate surface area is 84.5 Å². The van der Waals surface area contributed by atoms with Gasteiger partial charge < -0.3 is 10.1 Å². The van der Waals surface area contributed by atoms with E-state index < -0.39 is 0 Å². The average Bonchev–Trinajstić information content (AvgIpc) is 2.67. The Morgan fingerprint density at radius 1 is 1.57 bits per heavy atom. The minimum atomic E-state index is 0.650. The van der Waals surface area contributed by atoms with Crippen molar-refractivity contribution in [1.29, 1.82) is 0 Å². The molecule has 0 amide bonds. The van der Waals surface area contributed by atoms with E-state index in [9.17, 15) is 0 Å². The van der Waals surface area contributed by atoms with Crippen LogP contribution in [0.3, 0.4) is 0 Å². The van der Waals surface area contributed by atoms with Crippen molar-refractivity contribution >= 4 is 0 Å². The summed E-state index contributed by atoms with van der Waals surface area (Å²) in [5.74, 6) is 1.40. The SMILES string of the molecule is Cc1cccc(OCC2CCNC2)n1. The van der Waals surface area contributed by atoms with Crippen LogP contribution in [0, 0.1) is 12.8 Å². The van der Waals surface area contributed by atoms with Gasteiger partial charge in [-0.05, 0) is 26.0 Å². The molecule has 0 aromatic carbocycles. The van der Waals surface area contributed by atoms with Gasteiger partial charge in [0.15, 0.2) is 0 Å². The van der Waals surface area contributed by atoms with Gasteiger partial charge in [-0.15, -0.1) is 0 Å². The van der Waals surface area contributed by atoms with Gasteiger partial charge in [0, 0.05) is 24.2 Å². The number of nitrogens with zero attached hydrogens (tertiary/aromatic N) is 1. The van der Waals surface area contributed by atoms with Gasteiger partial charge in [-0.3, -0.25) is 0 Å². The Hall–Kier alpha value is -1.09. The number of ether oxygens (including phenoxy) is 1. The second-order valence-electron chi connectivity index (χ2n) is 3.79. The lowest BCUT2D eigenvalue weighted by atomic mass is 10.1. The van der Waals surface area contributed by atoms with Crippen LogP contribution in [-0.2, 0) is 0 Å². The topological polar surface area (TPSA) is 34.1 Å². The van der Waals surface area contributed by atoms with E-state index in [1.54, 1.807) is 0 Å². The van der Waals surface area contributed by atoms with Crippen LogP contribution in [0.25, 0.3) is 0 Å². The van der Waals surface area contributed by atoms with Crippen LogP contribution in [0.15, 0.2) is 18.2 Å². The summed E-state index contributed by atoms with van der Waals surface area (Å²) in [5, 5.41) is 3.32. The fourth-order valence-electron chi connectivity index (χ4n) is 1.66. The van der Waals surface area contributed by atoms with E-state index in [4.69, 9.17) is 4.74 Å². The Balaban J connectivity index is 1.85. The van der Waals surface area contributed by atoms with Gasteiger partial charge in [0.2, 0.25) is 5.88 Å². The summed E-state index contributed by atoms with van der Waals surface area (Å²) in [6.45, 7) is 4.95. The minimum absolute atomic E-state index is 0.650. The maximum absolute atomic E-state index is 5.62. The van der Waals surface area contributed by atoms with Crippen molar-refractivity contribution in [2.45, 2.75) is 13.3 Å². The third kappa shape index (κ3) is 2.45. The third-order valence-corrected chi connectivity index (χ3v) is 2.49. The standard InChI is InChI=1S/C11H16N2O/c1-9-3-2-4-11(13-9)14-8-10-5-6-12-7-10/h2-4,10,12H,5-8H2,1H3. The van der Waals surface area contributed by atoms with Crippen LogP contribution in [0.2, 0.25) is 0 Å². The molecule has 1 atom stereocenters. The van der Waals surface area contributed by atoms with Crippen LogP contribution in [0.4, 0.5) is 0 Å². The highest BCUT2D eigenvalue weighted by atomic mass is 16.5. The molecule has 1 unspecified atom stereocenters. The highest BCUT2D eigenvalue weighted by molar-refractivity contribution is 5.14. The smallest absolute Gasteiger partial charge is 0.213 e. The van der Waals surface area contributed by atoms with E-state index in [1.807, 2.05) is 25.1 Å². The number of aryl methyl sites for hydroxylation is 1. The molecule has 3 nitrogen and oxygen atoms in total. The van der Waals surface area contributed by atoms with Crippen molar-refractivity contribution in [3.05, 3.63) is 23.9 Å². The number of hydrogen-bond acceptors (Lipinski definition) is 3. The first-order chi connectivity index (χ1) is 6.84. The van der Waals surface area contributed by atoms with Crippen LogP contribution >= 0.6 is 0 Å². The molecule has 1 aromatic rings.